The van der Waals surface area contributed by atoms with Crippen LogP contribution in [0.4, 0.5) is 0 Å². The van der Waals surface area contributed by atoms with Crippen LogP contribution in [0.2, 0.25) is 5.02 Å². The molecule has 0 N–H and O–H groups in total. The first kappa shape index (κ1) is 19.7. The van der Waals surface area contributed by atoms with Gasteiger partial charge < -0.3 is 9.80 Å². The van der Waals surface area contributed by atoms with Crippen molar-refractivity contribution in [1.82, 2.24) is 14.7 Å². The van der Waals surface area contributed by atoms with Crippen LogP contribution in [0, 0.1) is 11.8 Å². The van der Waals surface area contributed by atoms with E-state index in [0.717, 1.165) is 49.6 Å². The fourth-order valence-electron chi connectivity index (χ4n) is 4.44. The van der Waals surface area contributed by atoms with E-state index in [1.807, 2.05) is 31.1 Å². The molecule has 2 heterocycles. The largest absolute Gasteiger partial charge is 0.342 e. The highest BCUT2D eigenvalue weighted by Crippen LogP contribution is 2.33. The van der Waals surface area contributed by atoms with Crippen molar-refractivity contribution in [2.45, 2.75) is 32.2 Å². The molecule has 1 amide bonds. The van der Waals surface area contributed by atoms with Crippen molar-refractivity contribution in [3.63, 3.8) is 0 Å². The van der Waals surface area contributed by atoms with Gasteiger partial charge in [0.15, 0.2) is 0 Å². The quantitative estimate of drug-likeness (QED) is 0.787. The van der Waals surface area contributed by atoms with Crippen LogP contribution in [-0.4, -0.2) is 67.4 Å². The van der Waals surface area contributed by atoms with E-state index in [9.17, 15) is 4.79 Å². The number of hydrogen-bond acceptors (Lipinski definition) is 3. The Hall–Kier alpha value is -1.10. The van der Waals surface area contributed by atoms with Gasteiger partial charge in [0.2, 0.25) is 5.91 Å². The van der Waals surface area contributed by atoms with E-state index in [1.54, 1.807) is 0 Å². The molecule has 2 aliphatic rings. The summed E-state index contributed by atoms with van der Waals surface area (Å²) in [6.07, 6.45) is 4.91. The highest BCUT2D eigenvalue weighted by atomic mass is 35.5. The predicted octanol–water partition coefficient (Wildman–Crippen LogP) is 3.35. The number of carbonyl (C=O) groups excluding carboxylic acids is 1. The zero-order chi connectivity index (χ0) is 18.5. The van der Waals surface area contributed by atoms with Crippen LogP contribution >= 0.6 is 11.6 Å². The van der Waals surface area contributed by atoms with Crippen LogP contribution < -0.4 is 0 Å². The van der Waals surface area contributed by atoms with Gasteiger partial charge in [0.25, 0.3) is 0 Å². The fourth-order valence-corrected chi connectivity index (χ4v) is 4.64. The average molecular weight is 378 g/mol. The maximum atomic E-state index is 12.2. The van der Waals surface area contributed by atoms with Crippen LogP contribution in [0.25, 0.3) is 0 Å². The Morgan fingerprint density at radius 2 is 1.62 bits per heavy atom. The lowest BCUT2D eigenvalue weighted by atomic mass is 9.78. The van der Waals surface area contributed by atoms with Crippen LogP contribution in [0.5, 0.6) is 0 Å². The maximum absolute atomic E-state index is 12.2. The van der Waals surface area contributed by atoms with Crippen molar-refractivity contribution in [2.75, 3.05) is 46.8 Å². The van der Waals surface area contributed by atoms with Crippen LogP contribution in [-0.2, 0) is 11.3 Å². The first-order valence-corrected chi connectivity index (χ1v) is 10.3. The smallest absolute Gasteiger partial charge is 0.236 e. The normalized spacial score (nSPS) is 20.7. The number of likely N-dealkylation sites (N-methyl/N-ethyl adjacent to an activating group) is 1. The molecule has 4 nitrogen and oxygen atoms in total. The molecule has 0 unspecified atom stereocenters. The first-order chi connectivity index (χ1) is 12.5. The summed E-state index contributed by atoms with van der Waals surface area (Å²) in [5.74, 6) is 1.90. The third-order valence-electron chi connectivity index (χ3n) is 5.99. The number of nitrogens with zero attached hydrogens (tertiary/aromatic N) is 3. The van der Waals surface area contributed by atoms with E-state index in [2.05, 4.69) is 21.9 Å². The topological polar surface area (TPSA) is 26.8 Å². The Bertz CT molecular complexity index is 591. The van der Waals surface area contributed by atoms with Gasteiger partial charge in [0.05, 0.1) is 6.54 Å². The Balaban J connectivity index is 1.42. The molecule has 0 bridgehead atoms. The van der Waals surface area contributed by atoms with Gasteiger partial charge in [0, 0.05) is 24.7 Å². The molecule has 3 rings (SSSR count). The lowest BCUT2D eigenvalue weighted by Gasteiger charge is -2.40. The summed E-state index contributed by atoms with van der Waals surface area (Å²) in [7, 11) is 3.92. The van der Waals surface area contributed by atoms with E-state index in [0.29, 0.717) is 6.54 Å². The zero-order valence-electron chi connectivity index (χ0n) is 16.2. The molecule has 5 heteroatoms. The van der Waals surface area contributed by atoms with Crippen molar-refractivity contribution in [2.24, 2.45) is 11.8 Å². The van der Waals surface area contributed by atoms with Gasteiger partial charge in [-0.3, -0.25) is 9.69 Å². The number of piperidine rings is 2. The molecule has 1 aromatic rings. The van der Waals surface area contributed by atoms with Gasteiger partial charge in [-0.25, -0.2) is 0 Å². The predicted molar refractivity (Wildman–Crippen MR) is 107 cm³/mol. The van der Waals surface area contributed by atoms with Crippen LogP contribution in [0.15, 0.2) is 24.3 Å². The summed E-state index contributed by atoms with van der Waals surface area (Å²) in [5.41, 5.74) is 1.24. The highest BCUT2D eigenvalue weighted by Gasteiger charge is 2.30. The van der Waals surface area contributed by atoms with Gasteiger partial charge in [-0.2, -0.15) is 0 Å². The number of benzene rings is 1. The molecule has 0 aromatic heterocycles. The second kappa shape index (κ2) is 9.20. The third-order valence-corrected chi connectivity index (χ3v) is 6.36. The Kier molecular flexibility index (Phi) is 6.96. The second-order valence-electron chi connectivity index (χ2n) is 8.16. The molecule has 144 valence electrons. The zero-order valence-corrected chi connectivity index (χ0v) is 16.9. The number of amides is 1. The van der Waals surface area contributed by atoms with Gasteiger partial charge in [-0.1, -0.05) is 29.8 Å². The molecular formula is C21H32ClN3O. The lowest BCUT2D eigenvalue weighted by molar-refractivity contribution is -0.133. The summed E-state index contributed by atoms with van der Waals surface area (Å²) < 4.78 is 0. The Morgan fingerprint density at radius 3 is 2.19 bits per heavy atom. The van der Waals surface area contributed by atoms with Crippen molar-refractivity contribution < 1.29 is 4.79 Å². The maximum Gasteiger partial charge on any atom is 0.236 e. The molecule has 2 saturated heterocycles. The van der Waals surface area contributed by atoms with E-state index < -0.39 is 0 Å². The second-order valence-corrected chi connectivity index (χ2v) is 8.57. The summed E-state index contributed by atoms with van der Waals surface area (Å²) in [4.78, 5) is 18.8. The number of rotatable bonds is 5. The molecule has 0 saturated carbocycles. The Morgan fingerprint density at radius 1 is 1.04 bits per heavy atom. The minimum absolute atomic E-state index is 0.281. The van der Waals surface area contributed by atoms with E-state index in [4.69, 9.17) is 11.6 Å². The van der Waals surface area contributed by atoms with Gasteiger partial charge >= 0.3 is 0 Å². The average Bonchev–Trinajstić information content (AvgIpc) is 2.64. The molecule has 0 spiro atoms. The number of hydrogen-bond donors (Lipinski definition) is 0. The van der Waals surface area contributed by atoms with Gasteiger partial charge in [-0.15, -0.1) is 0 Å². The van der Waals surface area contributed by atoms with Crippen molar-refractivity contribution in [3.8, 4) is 0 Å². The van der Waals surface area contributed by atoms with Gasteiger partial charge in [0.1, 0.15) is 0 Å². The van der Waals surface area contributed by atoms with Crippen LogP contribution in [0.1, 0.15) is 31.2 Å². The monoisotopic (exact) mass is 377 g/mol. The first-order valence-electron chi connectivity index (χ1n) is 9.91. The number of carbonyl (C=O) groups is 1. The van der Waals surface area contributed by atoms with Gasteiger partial charge in [-0.05, 0) is 76.3 Å². The fraction of sp³-hybridized carbons (Fsp3) is 0.667. The molecule has 0 radical (unpaired) electrons. The SMILES string of the molecule is CN(C)CC(=O)N1CCC(C2CCN(Cc3ccccc3Cl)CC2)CC1. The summed E-state index contributed by atoms with van der Waals surface area (Å²) in [6.45, 7) is 5.70. The third kappa shape index (κ3) is 5.21. The van der Waals surface area contributed by atoms with Crippen molar-refractivity contribution in [3.05, 3.63) is 34.9 Å². The van der Waals surface area contributed by atoms with E-state index in [1.165, 1.54) is 31.2 Å². The van der Waals surface area contributed by atoms with E-state index >= 15 is 0 Å². The summed E-state index contributed by atoms with van der Waals surface area (Å²) >= 11 is 6.30. The van der Waals surface area contributed by atoms with Crippen molar-refractivity contribution in [1.29, 1.82) is 0 Å². The Labute approximate surface area is 163 Å². The molecule has 2 fully saturated rings. The summed E-state index contributed by atoms with van der Waals surface area (Å²) in [6, 6.07) is 8.18. The number of halogens is 1. The lowest BCUT2D eigenvalue weighted by Crippen LogP contribution is -2.45. The van der Waals surface area contributed by atoms with Crippen molar-refractivity contribution >= 4 is 17.5 Å². The molecule has 1 aromatic carbocycles. The minimum Gasteiger partial charge on any atom is -0.342 e. The van der Waals surface area contributed by atoms with E-state index in [-0.39, 0.29) is 5.91 Å². The standard InChI is InChI=1S/C21H32ClN3O/c1-23(2)16-21(26)25-13-9-18(10-14-25)17-7-11-24(12-8-17)15-19-5-3-4-6-20(19)22/h3-6,17-18H,7-16H2,1-2H3. The highest BCUT2D eigenvalue weighted by molar-refractivity contribution is 6.31. The molecule has 26 heavy (non-hydrogen) atoms. The summed E-state index contributed by atoms with van der Waals surface area (Å²) in [5, 5.41) is 0.879. The number of likely N-dealkylation sites (tertiary alicyclic amines) is 2. The minimum atomic E-state index is 0.281. The molecule has 2 aliphatic heterocycles. The molecule has 0 atom stereocenters. The molecule has 0 aliphatic carbocycles. The molecular weight excluding hydrogens is 346 g/mol. The van der Waals surface area contributed by atoms with Crippen LogP contribution in [0.3, 0.4) is 0 Å².